The van der Waals surface area contributed by atoms with Crippen molar-refractivity contribution in [3.63, 3.8) is 0 Å². The fraction of sp³-hybridized carbons (Fsp3) is 0.333. The van der Waals surface area contributed by atoms with Crippen LogP contribution in [0.1, 0.15) is 12.0 Å². The lowest BCUT2D eigenvalue weighted by molar-refractivity contribution is -0.132. The second kappa shape index (κ2) is 9.67. The number of amides is 2. The van der Waals surface area contributed by atoms with E-state index in [4.69, 9.17) is 4.74 Å². The van der Waals surface area contributed by atoms with Gasteiger partial charge in [-0.3, -0.25) is 9.59 Å². The highest BCUT2D eigenvalue weighted by Crippen LogP contribution is 2.30. The van der Waals surface area contributed by atoms with Crippen LogP contribution < -0.4 is 19.7 Å². The summed E-state index contributed by atoms with van der Waals surface area (Å²) in [6, 6.07) is 7.27. The number of carbonyl (C=O) groups excluding carboxylic acids is 2. The zero-order valence-corrected chi connectivity index (χ0v) is 16.5. The Morgan fingerprint density at radius 2 is 1.87 bits per heavy atom. The Morgan fingerprint density at radius 3 is 2.52 bits per heavy atom. The molecule has 6 nitrogen and oxygen atoms in total. The van der Waals surface area contributed by atoms with E-state index in [9.17, 15) is 27.2 Å². The van der Waals surface area contributed by atoms with Gasteiger partial charge in [0.05, 0.1) is 7.11 Å². The van der Waals surface area contributed by atoms with Crippen molar-refractivity contribution in [3.8, 4) is 11.5 Å². The van der Waals surface area contributed by atoms with Crippen LogP contribution in [-0.2, 0) is 16.0 Å². The van der Waals surface area contributed by atoms with E-state index in [2.05, 4.69) is 10.1 Å². The number of nitrogens with one attached hydrogen (secondary N) is 1. The van der Waals surface area contributed by atoms with Crippen LogP contribution in [0.25, 0.3) is 0 Å². The summed E-state index contributed by atoms with van der Waals surface area (Å²) in [5.74, 6) is -3.62. The van der Waals surface area contributed by atoms with Crippen molar-refractivity contribution in [2.24, 2.45) is 5.92 Å². The molecule has 1 unspecified atom stereocenters. The largest absolute Gasteiger partial charge is 0.493 e. The summed E-state index contributed by atoms with van der Waals surface area (Å²) >= 11 is 0. The lowest BCUT2D eigenvalue weighted by atomic mass is 10.1. The van der Waals surface area contributed by atoms with Crippen molar-refractivity contribution in [1.29, 1.82) is 0 Å². The minimum Gasteiger partial charge on any atom is -0.493 e. The van der Waals surface area contributed by atoms with Crippen molar-refractivity contribution in [3.05, 3.63) is 53.6 Å². The Kier molecular flexibility index (Phi) is 6.98. The fourth-order valence-electron chi connectivity index (χ4n) is 3.39. The molecule has 1 atom stereocenters. The van der Waals surface area contributed by atoms with Crippen molar-refractivity contribution in [1.82, 2.24) is 5.32 Å². The summed E-state index contributed by atoms with van der Waals surface area (Å²) in [6.07, 6.45) is 0.507. The average Bonchev–Trinajstić information content (AvgIpc) is 3.08. The molecule has 0 radical (unpaired) electrons. The zero-order chi connectivity index (χ0) is 22.5. The van der Waals surface area contributed by atoms with E-state index in [0.29, 0.717) is 18.1 Å². The molecule has 0 aromatic heterocycles. The molecule has 2 aromatic carbocycles. The van der Waals surface area contributed by atoms with Crippen molar-refractivity contribution < 1.29 is 36.6 Å². The highest BCUT2D eigenvalue weighted by molar-refractivity contribution is 6.09. The molecule has 1 heterocycles. The molecule has 0 bridgehead atoms. The van der Waals surface area contributed by atoms with Crippen molar-refractivity contribution in [2.75, 3.05) is 25.1 Å². The molecule has 31 heavy (non-hydrogen) atoms. The van der Waals surface area contributed by atoms with Gasteiger partial charge in [-0.1, -0.05) is 6.07 Å². The zero-order valence-electron chi connectivity index (χ0n) is 16.5. The van der Waals surface area contributed by atoms with Gasteiger partial charge in [-0.25, -0.2) is 8.78 Å². The van der Waals surface area contributed by atoms with Gasteiger partial charge in [0.15, 0.2) is 11.5 Å². The standard InChI is InChI=1S/C21H20F4N2O4/c1-30-17-3-2-12(8-18(17)31-21(24)25)4-6-26-19(28)16-5-7-27(20(16)29)15-10-13(22)9-14(23)11-15/h2-3,8-11,16,21H,4-7H2,1H3,(H,26,28). The first-order chi connectivity index (χ1) is 14.8. The van der Waals surface area contributed by atoms with Crippen LogP contribution in [0.4, 0.5) is 23.2 Å². The normalized spacial score (nSPS) is 16.0. The number of hydrogen-bond donors (Lipinski definition) is 1. The molecule has 1 fully saturated rings. The third-order valence-electron chi connectivity index (χ3n) is 4.84. The van der Waals surface area contributed by atoms with Gasteiger partial charge in [0.25, 0.3) is 0 Å². The van der Waals surface area contributed by atoms with Crippen LogP contribution in [0.3, 0.4) is 0 Å². The smallest absolute Gasteiger partial charge is 0.387 e. The van der Waals surface area contributed by atoms with Crippen LogP contribution in [0.15, 0.2) is 36.4 Å². The maximum Gasteiger partial charge on any atom is 0.387 e. The summed E-state index contributed by atoms with van der Waals surface area (Å²) in [7, 11) is 1.33. The quantitative estimate of drug-likeness (QED) is 0.505. The summed E-state index contributed by atoms with van der Waals surface area (Å²) in [4.78, 5) is 26.1. The lowest BCUT2D eigenvalue weighted by Gasteiger charge is -2.17. The Morgan fingerprint density at radius 1 is 1.16 bits per heavy atom. The minimum atomic E-state index is -3.01. The van der Waals surface area contributed by atoms with Crippen molar-refractivity contribution in [2.45, 2.75) is 19.5 Å². The fourth-order valence-corrected chi connectivity index (χ4v) is 3.39. The molecule has 0 spiro atoms. The first-order valence-corrected chi connectivity index (χ1v) is 9.45. The molecule has 2 aromatic rings. The highest BCUT2D eigenvalue weighted by atomic mass is 19.3. The molecule has 0 saturated carbocycles. The molecule has 0 aliphatic carbocycles. The van der Waals surface area contributed by atoms with Gasteiger partial charge >= 0.3 is 6.61 Å². The Labute approximate surface area is 175 Å². The summed E-state index contributed by atoms with van der Waals surface area (Å²) < 4.78 is 61.3. The number of halogens is 4. The number of hydrogen-bond acceptors (Lipinski definition) is 4. The number of benzene rings is 2. The highest BCUT2D eigenvalue weighted by Gasteiger charge is 2.37. The van der Waals surface area contributed by atoms with Crippen LogP contribution >= 0.6 is 0 Å². The third-order valence-corrected chi connectivity index (χ3v) is 4.84. The van der Waals surface area contributed by atoms with E-state index in [0.717, 1.165) is 12.1 Å². The predicted octanol–water partition coefficient (Wildman–Crippen LogP) is 3.29. The van der Waals surface area contributed by atoms with Crippen LogP contribution in [0.2, 0.25) is 0 Å². The molecule has 1 saturated heterocycles. The van der Waals surface area contributed by atoms with Crippen LogP contribution in [0.5, 0.6) is 11.5 Å². The van der Waals surface area contributed by atoms with E-state index in [1.165, 1.54) is 24.1 Å². The third kappa shape index (κ3) is 5.44. The van der Waals surface area contributed by atoms with Gasteiger partial charge in [-0.15, -0.1) is 0 Å². The number of anilines is 1. The second-order valence-corrected chi connectivity index (χ2v) is 6.86. The number of nitrogens with zero attached hydrogens (tertiary/aromatic N) is 1. The predicted molar refractivity (Wildman–Crippen MR) is 103 cm³/mol. The van der Waals surface area contributed by atoms with Crippen LogP contribution in [-0.4, -0.2) is 38.6 Å². The van der Waals surface area contributed by atoms with Gasteiger partial charge in [0, 0.05) is 24.8 Å². The van der Waals surface area contributed by atoms with Gasteiger partial charge in [-0.2, -0.15) is 8.78 Å². The molecule has 2 amide bonds. The maximum absolute atomic E-state index is 13.4. The molecule has 3 rings (SSSR count). The van der Waals surface area contributed by atoms with Gasteiger partial charge in [0.1, 0.15) is 17.6 Å². The van der Waals surface area contributed by atoms with E-state index >= 15 is 0 Å². The maximum atomic E-state index is 13.4. The Bertz CT molecular complexity index is 950. The van der Waals surface area contributed by atoms with E-state index in [-0.39, 0.29) is 36.7 Å². The molecular formula is C21H20F4N2O4. The summed E-state index contributed by atoms with van der Waals surface area (Å²) in [5.41, 5.74) is 0.675. The average molecular weight is 440 g/mol. The number of rotatable bonds is 8. The van der Waals surface area contributed by atoms with Gasteiger partial charge in [-0.05, 0) is 42.7 Å². The topological polar surface area (TPSA) is 67.9 Å². The monoisotopic (exact) mass is 440 g/mol. The van der Waals surface area contributed by atoms with Gasteiger partial charge < -0.3 is 19.7 Å². The molecule has 1 aliphatic heterocycles. The number of carbonyl (C=O) groups is 2. The van der Waals surface area contributed by atoms with E-state index in [1.807, 2.05) is 0 Å². The Balaban J connectivity index is 1.57. The molecular weight excluding hydrogens is 420 g/mol. The number of ether oxygens (including phenoxy) is 2. The summed E-state index contributed by atoms with van der Waals surface area (Å²) in [5, 5.41) is 2.63. The summed E-state index contributed by atoms with van der Waals surface area (Å²) in [6.45, 7) is -2.70. The lowest BCUT2D eigenvalue weighted by Crippen LogP contribution is -2.37. The second-order valence-electron chi connectivity index (χ2n) is 6.86. The SMILES string of the molecule is COc1ccc(CCNC(=O)C2CCN(c3cc(F)cc(F)c3)C2=O)cc1OC(F)F. The molecule has 166 valence electrons. The van der Waals surface area contributed by atoms with Gasteiger partial charge in [0.2, 0.25) is 11.8 Å². The Hall–Kier alpha value is -3.30. The molecule has 1 N–H and O–H groups in total. The minimum absolute atomic E-state index is 0.0580. The number of methoxy groups -OCH3 is 1. The first kappa shape index (κ1) is 22.4. The number of alkyl halides is 2. The van der Waals surface area contributed by atoms with Crippen LogP contribution in [0, 0.1) is 17.6 Å². The first-order valence-electron chi connectivity index (χ1n) is 9.45. The molecule has 10 heteroatoms. The van der Waals surface area contributed by atoms with E-state index in [1.54, 1.807) is 6.07 Å². The van der Waals surface area contributed by atoms with E-state index < -0.39 is 36.0 Å². The van der Waals surface area contributed by atoms with Crippen molar-refractivity contribution >= 4 is 17.5 Å². The molecule has 1 aliphatic rings.